The zero-order valence-corrected chi connectivity index (χ0v) is 14.2. The van der Waals surface area contributed by atoms with Crippen LogP contribution in [0.15, 0.2) is 18.2 Å². The molecule has 0 atom stereocenters. The minimum atomic E-state index is 0.127. The van der Waals surface area contributed by atoms with E-state index in [0.29, 0.717) is 6.04 Å². The molecule has 118 valence electrons. The van der Waals surface area contributed by atoms with Gasteiger partial charge in [0.1, 0.15) is 5.82 Å². The van der Waals surface area contributed by atoms with Crippen molar-refractivity contribution in [1.82, 2.24) is 15.2 Å². The van der Waals surface area contributed by atoms with Crippen LogP contribution in [-0.4, -0.2) is 48.6 Å². The fourth-order valence-electron chi connectivity index (χ4n) is 2.71. The van der Waals surface area contributed by atoms with Crippen LogP contribution >= 0.6 is 0 Å². The van der Waals surface area contributed by atoms with E-state index in [1.54, 1.807) is 0 Å². The summed E-state index contributed by atoms with van der Waals surface area (Å²) in [5.41, 5.74) is 1.25. The van der Waals surface area contributed by atoms with Gasteiger partial charge < -0.3 is 15.1 Å². The van der Waals surface area contributed by atoms with E-state index in [4.69, 9.17) is 4.98 Å². The van der Waals surface area contributed by atoms with Crippen LogP contribution in [0.4, 0.5) is 5.82 Å². The average molecular weight is 290 g/mol. The summed E-state index contributed by atoms with van der Waals surface area (Å²) in [6.07, 6.45) is 2.44. The Hall–Kier alpha value is -1.13. The monoisotopic (exact) mass is 290 g/mol. The molecule has 0 spiro atoms. The molecule has 1 N–H and O–H groups in total. The molecule has 21 heavy (non-hydrogen) atoms. The lowest BCUT2D eigenvalue weighted by atomic mass is 10.0. The Labute approximate surface area is 129 Å². The largest absolute Gasteiger partial charge is 0.356 e. The van der Waals surface area contributed by atoms with E-state index in [1.165, 1.54) is 12.8 Å². The van der Waals surface area contributed by atoms with E-state index >= 15 is 0 Å². The molecule has 1 saturated heterocycles. The van der Waals surface area contributed by atoms with Gasteiger partial charge in [-0.3, -0.25) is 0 Å². The predicted octanol–water partition coefficient (Wildman–Crippen LogP) is 2.50. The summed E-state index contributed by atoms with van der Waals surface area (Å²) >= 11 is 0. The van der Waals surface area contributed by atoms with Crippen LogP contribution in [0.3, 0.4) is 0 Å². The number of aromatic nitrogens is 1. The molecular weight excluding hydrogens is 260 g/mol. The van der Waals surface area contributed by atoms with Crippen LogP contribution in [0.1, 0.15) is 39.3 Å². The van der Waals surface area contributed by atoms with Crippen LogP contribution in [0, 0.1) is 0 Å². The van der Waals surface area contributed by atoms with Crippen LogP contribution in [0.2, 0.25) is 0 Å². The number of piperidine rings is 1. The quantitative estimate of drug-likeness (QED) is 0.923. The van der Waals surface area contributed by atoms with Crippen LogP contribution in [-0.2, 0) is 6.54 Å². The first-order valence-corrected chi connectivity index (χ1v) is 7.97. The molecule has 0 bridgehead atoms. The molecule has 0 unspecified atom stereocenters. The van der Waals surface area contributed by atoms with Crippen molar-refractivity contribution in [2.75, 3.05) is 32.1 Å². The summed E-state index contributed by atoms with van der Waals surface area (Å²) in [5.74, 6) is 1.13. The highest BCUT2D eigenvalue weighted by Gasteiger charge is 2.21. The van der Waals surface area contributed by atoms with E-state index in [2.05, 4.69) is 68.2 Å². The minimum absolute atomic E-state index is 0.127. The van der Waals surface area contributed by atoms with E-state index in [1.807, 2.05) is 0 Å². The fraction of sp³-hybridized carbons (Fsp3) is 0.706. The molecule has 0 radical (unpaired) electrons. The van der Waals surface area contributed by atoms with Crippen molar-refractivity contribution in [1.29, 1.82) is 0 Å². The molecule has 4 heteroatoms. The third-order valence-corrected chi connectivity index (χ3v) is 4.11. The van der Waals surface area contributed by atoms with E-state index in [0.717, 1.165) is 31.1 Å². The summed E-state index contributed by atoms with van der Waals surface area (Å²) < 4.78 is 0. The van der Waals surface area contributed by atoms with Crippen molar-refractivity contribution in [3.8, 4) is 0 Å². The van der Waals surface area contributed by atoms with E-state index in [9.17, 15) is 0 Å². The molecule has 2 heterocycles. The van der Waals surface area contributed by atoms with Gasteiger partial charge in [-0.2, -0.15) is 0 Å². The van der Waals surface area contributed by atoms with Crippen molar-refractivity contribution in [3.63, 3.8) is 0 Å². The molecule has 0 saturated carbocycles. The van der Waals surface area contributed by atoms with Gasteiger partial charge in [0.2, 0.25) is 0 Å². The molecular formula is C17H30N4. The number of nitrogens with zero attached hydrogens (tertiary/aromatic N) is 3. The first-order valence-electron chi connectivity index (χ1n) is 7.97. The summed E-state index contributed by atoms with van der Waals surface area (Å²) in [5, 5.41) is 3.50. The lowest BCUT2D eigenvalue weighted by Gasteiger charge is -2.36. The zero-order valence-electron chi connectivity index (χ0n) is 14.2. The van der Waals surface area contributed by atoms with Crippen LogP contribution < -0.4 is 10.2 Å². The summed E-state index contributed by atoms with van der Waals surface area (Å²) in [7, 11) is 4.36. The molecule has 1 aromatic rings. The maximum absolute atomic E-state index is 4.82. The van der Waals surface area contributed by atoms with Gasteiger partial charge in [0, 0.05) is 31.2 Å². The number of hydrogen-bond acceptors (Lipinski definition) is 4. The molecule has 2 rings (SSSR count). The van der Waals surface area contributed by atoms with Gasteiger partial charge in [0.05, 0.1) is 5.69 Å². The molecule has 1 aliphatic heterocycles. The molecule has 1 fully saturated rings. The van der Waals surface area contributed by atoms with Gasteiger partial charge in [0.15, 0.2) is 0 Å². The summed E-state index contributed by atoms with van der Waals surface area (Å²) in [6.45, 7) is 9.58. The number of pyridine rings is 1. The number of hydrogen-bond donors (Lipinski definition) is 1. The number of rotatable bonds is 4. The van der Waals surface area contributed by atoms with Crippen LogP contribution in [0.25, 0.3) is 0 Å². The third-order valence-electron chi connectivity index (χ3n) is 4.11. The summed E-state index contributed by atoms with van der Waals surface area (Å²) in [6, 6.07) is 7.08. The number of nitrogens with one attached hydrogen (secondary N) is 1. The normalized spacial score (nSPS) is 17.5. The van der Waals surface area contributed by atoms with Crippen molar-refractivity contribution < 1.29 is 0 Å². The smallest absolute Gasteiger partial charge is 0.128 e. The van der Waals surface area contributed by atoms with Crippen molar-refractivity contribution in [3.05, 3.63) is 23.9 Å². The van der Waals surface area contributed by atoms with E-state index in [-0.39, 0.29) is 5.54 Å². The van der Waals surface area contributed by atoms with Gasteiger partial charge in [-0.1, -0.05) is 6.07 Å². The Morgan fingerprint density at radius 2 is 1.90 bits per heavy atom. The van der Waals surface area contributed by atoms with Crippen molar-refractivity contribution in [2.45, 2.75) is 51.7 Å². The Morgan fingerprint density at radius 3 is 2.48 bits per heavy atom. The maximum Gasteiger partial charge on any atom is 0.128 e. The van der Waals surface area contributed by atoms with Crippen molar-refractivity contribution in [2.24, 2.45) is 0 Å². The number of anilines is 1. The van der Waals surface area contributed by atoms with Gasteiger partial charge in [0.25, 0.3) is 0 Å². The second kappa shape index (κ2) is 6.75. The highest BCUT2D eigenvalue weighted by Crippen LogP contribution is 2.20. The second-order valence-electron chi connectivity index (χ2n) is 7.27. The molecule has 1 aromatic heterocycles. The van der Waals surface area contributed by atoms with Crippen LogP contribution in [0.5, 0.6) is 0 Å². The Kier molecular flexibility index (Phi) is 5.22. The van der Waals surface area contributed by atoms with Gasteiger partial charge >= 0.3 is 0 Å². The van der Waals surface area contributed by atoms with Gasteiger partial charge in [-0.05, 0) is 59.8 Å². The fourth-order valence-corrected chi connectivity index (χ4v) is 2.71. The Balaban J connectivity index is 1.95. The van der Waals surface area contributed by atoms with Crippen molar-refractivity contribution >= 4 is 5.82 Å². The minimum Gasteiger partial charge on any atom is -0.356 e. The highest BCUT2D eigenvalue weighted by molar-refractivity contribution is 5.39. The highest BCUT2D eigenvalue weighted by atomic mass is 15.2. The predicted molar refractivity (Wildman–Crippen MR) is 89.8 cm³/mol. The first kappa shape index (κ1) is 16.2. The molecule has 1 aliphatic rings. The SMILES string of the molecule is CN(C)C1CCN(c2cccc(CNC(C)(C)C)n2)CC1. The zero-order chi connectivity index (χ0) is 15.5. The molecule has 4 nitrogen and oxygen atoms in total. The van der Waals surface area contributed by atoms with E-state index < -0.39 is 0 Å². The second-order valence-corrected chi connectivity index (χ2v) is 7.27. The lowest BCUT2D eigenvalue weighted by Crippen LogP contribution is -2.42. The van der Waals surface area contributed by atoms with Gasteiger partial charge in [-0.25, -0.2) is 4.98 Å². The Bertz CT molecular complexity index is 442. The summed E-state index contributed by atoms with van der Waals surface area (Å²) in [4.78, 5) is 9.58. The molecule has 0 aliphatic carbocycles. The molecule has 0 aromatic carbocycles. The topological polar surface area (TPSA) is 31.4 Å². The Morgan fingerprint density at radius 1 is 1.24 bits per heavy atom. The average Bonchev–Trinajstić information content (AvgIpc) is 2.45. The molecule has 0 amide bonds. The van der Waals surface area contributed by atoms with Gasteiger partial charge in [-0.15, -0.1) is 0 Å². The first-order chi connectivity index (χ1) is 9.85. The third kappa shape index (κ3) is 4.97. The lowest BCUT2D eigenvalue weighted by molar-refractivity contribution is 0.249. The standard InChI is InChI=1S/C17H30N4/c1-17(2,3)18-13-14-7-6-8-16(19-14)21-11-9-15(10-12-21)20(4)5/h6-8,15,18H,9-13H2,1-5H3. The maximum atomic E-state index is 4.82.